The maximum atomic E-state index is 12.1. The van der Waals surface area contributed by atoms with Crippen LogP contribution in [-0.2, 0) is 4.79 Å². The normalized spacial score (nSPS) is 12.2. The number of hydrogen-bond donors (Lipinski definition) is 1. The molecule has 0 spiro atoms. The summed E-state index contributed by atoms with van der Waals surface area (Å²) in [4.78, 5) is 12.1. The maximum Gasteiger partial charge on any atom is 0.244 e. The van der Waals surface area contributed by atoms with Crippen LogP contribution in [0, 0.1) is 0 Å². The zero-order chi connectivity index (χ0) is 18.9. The zero-order valence-corrected chi connectivity index (χ0v) is 15.9. The predicted octanol–water partition coefficient (Wildman–Crippen LogP) is 4.42. The number of amides is 1. The molecular weight excluding hydrogens is 326 g/mol. The first-order valence-electron chi connectivity index (χ1n) is 8.85. The molecule has 0 fully saturated rings. The Morgan fingerprint density at radius 2 is 1.81 bits per heavy atom. The van der Waals surface area contributed by atoms with E-state index in [0.29, 0.717) is 18.0 Å². The highest BCUT2D eigenvalue weighted by Crippen LogP contribution is 2.29. The second-order valence-corrected chi connectivity index (χ2v) is 6.47. The van der Waals surface area contributed by atoms with Crippen molar-refractivity contribution >= 4 is 12.0 Å². The molecule has 138 valence electrons. The third kappa shape index (κ3) is 5.96. The van der Waals surface area contributed by atoms with Gasteiger partial charge in [0.2, 0.25) is 5.91 Å². The van der Waals surface area contributed by atoms with Gasteiger partial charge in [-0.1, -0.05) is 43.3 Å². The highest BCUT2D eigenvalue weighted by Gasteiger charge is 2.08. The second kappa shape index (κ2) is 9.66. The third-order valence-corrected chi connectivity index (χ3v) is 3.93. The predicted molar refractivity (Wildman–Crippen MR) is 106 cm³/mol. The van der Waals surface area contributed by atoms with Gasteiger partial charge in [0.1, 0.15) is 0 Å². The molecule has 0 aliphatic heterocycles. The number of carbonyl (C=O) groups excluding carboxylic acids is 1. The summed E-state index contributed by atoms with van der Waals surface area (Å²) in [7, 11) is 1.60. The number of carbonyl (C=O) groups is 1. The number of rotatable bonds is 8. The van der Waals surface area contributed by atoms with Gasteiger partial charge < -0.3 is 14.8 Å². The standard InChI is InChI=1S/C22H27NO3/c1-16(2)26-20-12-10-18(14-21(20)25-4)11-13-22(24)23-15-17(3)19-8-6-5-7-9-19/h5-14,16-17H,15H2,1-4H3,(H,23,24)/b13-11+. The van der Waals surface area contributed by atoms with Crippen molar-refractivity contribution in [3.05, 3.63) is 65.7 Å². The van der Waals surface area contributed by atoms with Crippen LogP contribution in [0.1, 0.15) is 37.8 Å². The van der Waals surface area contributed by atoms with Crippen molar-refractivity contribution in [3.8, 4) is 11.5 Å². The number of benzene rings is 2. The SMILES string of the molecule is COc1cc(/C=C/C(=O)NCC(C)c2ccccc2)ccc1OC(C)C. The number of nitrogens with one attached hydrogen (secondary N) is 1. The first-order chi connectivity index (χ1) is 12.5. The van der Waals surface area contributed by atoms with Gasteiger partial charge >= 0.3 is 0 Å². The third-order valence-electron chi connectivity index (χ3n) is 3.93. The first kappa shape index (κ1) is 19.6. The minimum absolute atomic E-state index is 0.0719. The molecule has 0 saturated heterocycles. The molecule has 1 N–H and O–H groups in total. The Morgan fingerprint density at radius 1 is 1.08 bits per heavy atom. The molecule has 0 aromatic heterocycles. The molecule has 2 rings (SSSR count). The summed E-state index contributed by atoms with van der Waals surface area (Å²) in [5.41, 5.74) is 2.09. The van der Waals surface area contributed by atoms with Gasteiger partial charge in [-0.2, -0.15) is 0 Å². The summed E-state index contributed by atoms with van der Waals surface area (Å²) in [5, 5.41) is 2.94. The molecule has 0 aliphatic carbocycles. The summed E-state index contributed by atoms with van der Waals surface area (Å²) >= 11 is 0. The summed E-state index contributed by atoms with van der Waals surface area (Å²) < 4.78 is 11.1. The van der Waals surface area contributed by atoms with E-state index in [0.717, 1.165) is 5.56 Å². The lowest BCUT2D eigenvalue weighted by atomic mass is 10.0. The van der Waals surface area contributed by atoms with Crippen LogP contribution in [0.2, 0.25) is 0 Å². The van der Waals surface area contributed by atoms with Gasteiger partial charge in [0.15, 0.2) is 11.5 Å². The minimum atomic E-state index is -0.116. The van der Waals surface area contributed by atoms with Crippen LogP contribution in [0.15, 0.2) is 54.6 Å². The smallest absolute Gasteiger partial charge is 0.244 e. The molecule has 0 saturated carbocycles. The van der Waals surface area contributed by atoms with Crippen molar-refractivity contribution in [1.82, 2.24) is 5.32 Å². The highest BCUT2D eigenvalue weighted by atomic mass is 16.5. The Morgan fingerprint density at radius 3 is 2.46 bits per heavy atom. The quantitative estimate of drug-likeness (QED) is 0.715. The van der Waals surface area contributed by atoms with Crippen LogP contribution in [0.3, 0.4) is 0 Å². The molecule has 2 aromatic carbocycles. The van der Waals surface area contributed by atoms with Crippen LogP contribution in [0.25, 0.3) is 6.08 Å². The molecule has 2 aromatic rings. The van der Waals surface area contributed by atoms with Gasteiger partial charge in [0.05, 0.1) is 13.2 Å². The van der Waals surface area contributed by atoms with E-state index >= 15 is 0 Å². The lowest BCUT2D eigenvalue weighted by Gasteiger charge is -2.14. The van der Waals surface area contributed by atoms with Gasteiger partial charge in [0.25, 0.3) is 0 Å². The van der Waals surface area contributed by atoms with E-state index in [1.165, 1.54) is 11.6 Å². The molecule has 26 heavy (non-hydrogen) atoms. The molecule has 0 bridgehead atoms. The van der Waals surface area contributed by atoms with E-state index in [4.69, 9.17) is 9.47 Å². The van der Waals surface area contributed by atoms with Gasteiger partial charge in [0, 0.05) is 12.6 Å². The van der Waals surface area contributed by atoms with Crippen LogP contribution in [0.4, 0.5) is 0 Å². The molecule has 0 radical (unpaired) electrons. The molecule has 4 heteroatoms. The Kier molecular flexibility index (Phi) is 7.27. The van der Waals surface area contributed by atoms with E-state index in [-0.39, 0.29) is 17.9 Å². The number of ether oxygens (including phenoxy) is 2. The fraction of sp³-hybridized carbons (Fsp3) is 0.318. The van der Waals surface area contributed by atoms with E-state index in [2.05, 4.69) is 24.4 Å². The van der Waals surface area contributed by atoms with Crippen molar-refractivity contribution in [2.45, 2.75) is 32.8 Å². The summed E-state index contributed by atoms with van der Waals surface area (Å²) in [5.74, 6) is 1.50. The van der Waals surface area contributed by atoms with Crippen molar-refractivity contribution < 1.29 is 14.3 Å². The second-order valence-electron chi connectivity index (χ2n) is 6.47. The minimum Gasteiger partial charge on any atom is -0.493 e. The van der Waals surface area contributed by atoms with Gasteiger partial charge in [-0.05, 0) is 49.1 Å². The molecule has 0 aliphatic rings. The van der Waals surface area contributed by atoms with Crippen LogP contribution >= 0.6 is 0 Å². The molecule has 1 atom stereocenters. The number of hydrogen-bond acceptors (Lipinski definition) is 3. The maximum absolute atomic E-state index is 12.1. The monoisotopic (exact) mass is 353 g/mol. The van der Waals surface area contributed by atoms with Crippen LogP contribution < -0.4 is 14.8 Å². The van der Waals surface area contributed by atoms with Crippen molar-refractivity contribution in [2.24, 2.45) is 0 Å². The van der Waals surface area contributed by atoms with Gasteiger partial charge in [-0.25, -0.2) is 0 Å². The molecule has 1 amide bonds. The topological polar surface area (TPSA) is 47.6 Å². The van der Waals surface area contributed by atoms with E-state index < -0.39 is 0 Å². The van der Waals surface area contributed by atoms with Crippen LogP contribution in [-0.4, -0.2) is 25.7 Å². The lowest BCUT2D eigenvalue weighted by molar-refractivity contribution is -0.116. The Bertz CT molecular complexity index is 738. The van der Waals surface area contributed by atoms with Crippen molar-refractivity contribution in [2.75, 3.05) is 13.7 Å². The largest absolute Gasteiger partial charge is 0.493 e. The van der Waals surface area contributed by atoms with Crippen LogP contribution in [0.5, 0.6) is 11.5 Å². The fourth-order valence-corrected chi connectivity index (χ4v) is 2.52. The van der Waals surface area contributed by atoms with Gasteiger partial charge in [-0.15, -0.1) is 0 Å². The zero-order valence-electron chi connectivity index (χ0n) is 15.9. The van der Waals surface area contributed by atoms with E-state index in [9.17, 15) is 4.79 Å². The summed E-state index contributed by atoms with van der Waals surface area (Å²) in [6.07, 6.45) is 3.38. The van der Waals surface area contributed by atoms with Crippen molar-refractivity contribution in [1.29, 1.82) is 0 Å². The summed E-state index contributed by atoms with van der Waals surface area (Å²) in [6.45, 7) is 6.62. The Hall–Kier alpha value is -2.75. The summed E-state index contributed by atoms with van der Waals surface area (Å²) in [6, 6.07) is 15.8. The molecule has 4 nitrogen and oxygen atoms in total. The molecular formula is C22H27NO3. The Labute approximate surface area is 155 Å². The van der Waals surface area contributed by atoms with Gasteiger partial charge in [-0.3, -0.25) is 4.79 Å². The van der Waals surface area contributed by atoms with E-state index in [1.807, 2.05) is 50.2 Å². The Balaban J connectivity index is 1.93. The molecule has 0 heterocycles. The average Bonchev–Trinajstić information content (AvgIpc) is 2.65. The lowest BCUT2D eigenvalue weighted by Crippen LogP contribution is -2.25. The first-order valence-corrected chi connectivity index (χ1v) is 8.85. The number of methoxy groups -OCH3 is 1. The van der Waals surface area contributed by atoms with Crippen molar-refractivity contribution in [3.63, 3.8) is 0 Å². The van der Waals surface area contributed by atoms with E-state index in [1.54, 1.807) is 13.2 Å². The average molecular weight is 353 g/mol. The molecule has 1 unspecified atom stereocenters. The highest BCUT2D eigenvalue weighted by molar-refractivity contribution is 5.91. The fourth-order valence-electron chi connectivity index (χ4n) is 2.52.